The highest BCUT2D eigenvalue weighted by Crippen LogP contribution is 2.07. The Morgan fingerprint density at radius 1 is 1.09 bits per heavy atom. The smallest absolute Gasteiger partial charge is 0.262 e. The van der Waals surface area contributed by atoms with Crippen LogP contribution < -0.4 is 10.9 Å². The number of hydrogen-bond donors (Lipinski definition) is 2. The van der Waals surface area contributed by atoms with Crippen LogP contribution >= 0.6 is 0 Å². The minimum Gasteiger partial charge on any atom is -0.462 e. The average molecular weight is 298 g/mol. The molecule has 0 saturated heterocycles. The van der Waals surface area contributed by atoms with Gasteiger partial charge in [0.2, 0.25) is 5.91 Å². The highest BCUT2D eigenvalue weighted by atomic mass is 16.3. The van der Waals surface area contributed by atoms with Crippen LogP contribution in [0, 0.1) is 6.92 Å². The van der Waals surface area contributed by atoms with E-state index in [2.05, 4.69) is 10.9 Å². The summed E-state index contributed by atoms with van der Waals surface area (Å²) in [6, 6.07) is 13.3. The van der Waals surface area contributed by atoms with E-state index >= 15 is 0 Å². The van der Waals surface area contributed by atoms with Crippen LogP contribution in [0.15, 0.2) is 53.0 Å². The van der Waals surface area contributed by atoms with Crippen molar-refractivity contribution in [2.45, 2.75) is 19.8 Å². The van der Waals surface area contributed by atoms with Crippen molar-refractivity contribution in [3.05, 3.63) is 65.6 Å². The van der Waals surface area contributed by atoms with Gasteiger partial charge in [0.25, 0.3) is 5.91 Å². The van der Waals surface area contributed by atoms with E-state index in [1.807, 2.05) is 43.3 Å². The predicted octanol–water partition coefficient (Wildman–Crippen LogP) is 2.38. The van der Waals surface area contributed by atoms with E-state index in [1.165, 1.54) is 6.08 Å². The SMILES string of the molecule is Cc1ccc(C=CC(=O)NNC(=O)CCc2ccccc2)o1. The molecule has 1 aromatic heterocycles. The fourth-order valence-electron chi connectivity index (χ4n) is 1.84. The number of carbonyl (C=O) groups excluding carboxylic acids is 2. The van der Waals surface area contributed by atoms with Crippen molar-refractivity contribution in [3.8, 4) is 0 Å². The van der Waals surface area contributed by atoms with E-state index in [4.69, 9.17) is 4.42 Å². The lowest BCUT2D eigenvalue weighted by Gasteiger charge is -2.05. The van der Waals surface area contributed by atoms with Gasteiger partial charge in [0.1, 0.15) is 11.5 Å². The Morgan fingerprint density at radius 3 is 2.55 bits per heavy atom. The monoisotopic (exact) mass is 298 g/mol. The molecule has 2 amide bonds. The van der Waals surface area contributed by atoms with Crippen molar-refractivity contribution >= 4 is 17.9 Å². The Labute approximate surface area is 129 Å². The van der Waals surface area contributed by atoms with Crippen molar-refractivity contribution in [3.63, 3.8) is 0 Å². The molecule has 0 aliphatic heterocycles. The fourth-order valence-corrected chi connectivity index (χ4v) is 1.84. The second-order valence-electron chi connectivity index (χ2n) is 4.80. The number of rotatable bonds is 5. The standard InChI is InChI=1S/C17H18N2O3/c1-13-7-9-15(22-13)10-12-17(21)19-18-16(20)11-8-14-5-3-2-4-6-14/h2-7,9-10,12H,8,11H2,1H3,(H,18,20)(H,19,21). The zero-order chi connectivity index (χ0) is 15.8. The first-order valence-electron chi connectivity index (χ1n) is 7.01. The van der Waals surface area contributed by atoms with Crippen molar-refractivity contribution < 1.29 is 14.0 Å². The zero-order valence-electron chi connectivity index (χ0n) is 12.3. The summed E-state index contributed by atoms with van der Waals surface area (Å²) in [6.45, 7) is 1.82. The lowest BCUT2D eigenvalue weighted by Crippen LogP contribution is -2.40. The summed E-state index contributed by atoms with van der Waals surface area (Å²) in [4.78, 5) is 23.2. The van der Waals surface area contributed by atoms with Gasteiger partial charge in [-0.3, -0.25) is 20.4 Å². The van der Waals surface area contributed by atoms with Crippen LogP contribution in [0.3, 0.4) is 0 Å². The number of amides is 2. The molecule has 0 bridgehead atoms. The zero-order valence-corrected chi connectivity index (χ0v) is 12.3. The van der Waals surface area contributed by atoms with Gasteiger partial charge in [-0.15, -0.1) is 0 Å². The molecular formula is C17H18N2O3. The van der Waals surface area contributed by atoms with Gasteiger partial charge >= 0.3 is 0 Å². The van der Waals surface area contributed by atoms with Gasteiger partial charge in [0, 0.05) is 12.5 Å². The average Bonchev–Trinajstić information content (AvgIpc) is 2.95. The van der Waals surface area contributed by atoms with Crippen LogP contribution in [0.25, 0.3) is 6.08 Å². The fraction of sp³-hybridized carbons (Fsp3) is 0.176. The molecule has 2 aromatic rings. The Kier molecular flexibility index (Phi) is 5.54. The molecule has 0 spiro atoms. The largest absolute Gasteiger partial charge is 0.462 e. The third kappa shape index (κ3) is 5.28. The molecule has 5 nitrogen and oxygen atoms in total. The molecule has 114 valence electrons. The summed E-state index contributed by atoms with van der Waals surface area (Å²) >= 11 is 0. The van der Waals surface area contributed by atoms with Crippen LogP contribution in [0.5, 0.6) is 0 Å². The second-order valence-corrected chi connectivity index (χ2v) is 4.80. The Balaban J connectivity index is 1.69. The lowest BCUT2D eigenvalue weighted by molar-refractivity contribution is -0.126. The van der Waals surface area contributed by atoms with Crippen molar-refractivity contribution in [1.29, 1.82) is 0 Å². The molecule has 2 N–H and O–H groups in total. The highest BCUT2D eigenvalue weighted by Gasteiger charge is 2.03. The first-order chi connectivity index (χ1) is 10.6. The first kappa shape index (κ1) is 15.6. The Morgan fingerprint density at radius 2 is 1.86 bits per heavy atom. The number of furan rings is 1. The normalized spacial score (nSPS) is 10.6. The summed E-state index contributed by atoms with van der Waals surface area (Å²) in [5.41, 5.74) is 5.78. The van der Waals surface area contributed by atoms with Gasteiger partial charge in [-0.2, -0.15) is 0 Å². The molecule has 0 unspecified atom stereocenters. The van der Waals surface area contributed by atoms with Crippen LogP contribution in [-0.2, 0) is 16.0 Å². The van der Waals surface area contributed by atoms with E-state index in [-0.39, 0.29) is 5.91 Å². The minimum absolute atomic E-state index is 0.237. The predicted molar refractivity (Wildman–Crippen MR) is 83.5 cm³/mol. The highest BCUT2D eigenvalue weighted by molar-refractivity contribution is 5.92. The lowest BCUT2D eigenvalue weighted by atomic mass is 10.1. The maximum absolute atomic E-state index is 11.6. The van der Waals surface area contributed by atoms with Gasteiger partial charge in [0.15, 0.2) is 0 Å². The quantitative estimate of drug-likeness (QED) is 0.657. The number of benzene rings is 1. The van der Waals surface area contributed by atoms with E-state index in [1.54, 1.807) is 12.1 Å². The molecule has 0 aliphatic rings. The van der Waals surface area contributed by atoms with E-state index in [0.717, 1.165) is 11.3 Å². The molecule has 0 saturated carbocycles. The molecule has 2 rings (SSSR count). The number of hydrogen-bond acceptors (Lipinski definition) is 3. The molecule has 0 radical (unpaired) electrons. The van der Waals surface area contributed by atoms with Gasteiger partial charge in [0.05, 0.1) is 0 Å². The van der Waals surface area contributed by atoms with Crippen molar-refractivity contribution in [1.82, 2.24) is 10.9 Å². The van der Waals surface area contributed by atoms with Gasteiger partial charge < -0.3 is 4.42 Å². The summed E-state index contributed by atoms with van der Waals surface area (Å²) in [6.07, 6.45) is 3.78. The number of aryl methyl sites for hydroxylation is 2. The molecule has 1 heterocycles. The van der Waals surface area contributed by atoms with Gasteiger partial charge in [-0.25, -0.2) is 0 Å². The third-order valence-electron chi connectivity index (χ3n) is 2.97. The van der Waals surface area contributed by atoms with E-state index in [0.29, 0.717) is 18.6 Å². The maximum Gasteiger partial charge on any atom is 0.262 e. The summed E-state index contributed by atoms with van der Waals surface area (Å²) in [5, 5.41) is 0. The Bertz CT molecular complexity index is 660. The second kappa shape index (κ2) is 7.83. The number of nitrogens with one attached hydrogen (secondary N) is 2. The number of carbonyl (C=O) groups is 2. The minimum atomic E-state index is -0.415. The summed E-state index contributed by atoms with van der Waals surface area (Å²) in [5.74, 6) is 0.707. The van der Waals surface area contributed by atoms with E-state index in [9.17, 15) is 9.59 Å². The van der Waals surface area contributed by atoms with Crippen LogP contribution in [0.4, 0.5) is 0 Å². The maximum atomic E-state index is 11.6. The van der Waals surface area contributed by atoms with E-state index < -0.39 is 5.91 Å². The van der Waals surface area contributed by atoms with Crippen LogP contribution in [-0.4, -0.2) is 11.8 Å². The molecule has 22 heavy (non-hydrogen) atoms. The van der Waals surface area contributed by atoms with Crippen molar-refractivity contribution in [2.75, 3.05) is 0 Å². The topological polar surface area (TPSA) is 71.3 Å². The molecule has 5 heteroatoms. The Hall–Kier alpha value is -2.82. The molecule has 0 atom stereocenters. The van der Waals surface area contributed by atoms with Crippen LogP contribution in [0.1, 0.15) is 23.5 Å². The summed E-state index contributed by atoms with van der Waals surface area (Å²) < 4.78 is 5.29. The molecular weight excluding hydrogens is 280 g/mol. The first-order valence-corrected chi connectivity index (χ1v) is 7.01. The molecule has 0 aliphatic carbocycles. The molecule has 1 aromatic carbocycles. The number of hydrazine groups is 1. The van der Waals surface area contributed by atoms with Crippen LogP contribution in [0.2, 0.25) is 0 Å². The molecule has 0 fully saturated rings. The third-order valence-corrected chi connectivity index (χ3v) is 2.97. The van der Waals surface area contributed by atoms with Crippen molar-refractivity contribution in [2.24, 2.45) is 0 Å². The summed E-state index contributed by atoms with van der Waals surface area (Å²) in [7, 11) is 0. The van der Waals surface area contributed by atoms with Gasteiger partial charge in [-0.05, 0) is 37.1 Å². The van der Waals surface area contributed by atoms with Gasteiger partial charge in [-0.1, -0.05) is 30.3 Å².